The van der Waals surface area contributed by atoms with Gasteiger partial charge in [0.2, 0.25) is 15.9 Å². The van der Waals surface area contributed by atoms with Gasteiger partial charge in [0, 0.05) is 23.3 Å². The molecular formula is C34H31F4N3O3S. The van der Waals surface area contributed by atoms with Crippen molar-refractivity contribution in [1.82, 2.24) is 9.71 Å². The predicted molar refractivity (Wildman–Crippen MR) is 161 cm³/mol. The summed E-state index contributed by atoms with van der Waals surface area (Å²) in [6.45, 7) is 2.00. The molecule has 0 bridgehead atoms. The molecule has 0 saturated heterocycles. The van der Waals surface area contributed by atoms with Crippen molar-refractivity contribution in [2.24, 2.45) is 5.92 Å². The summed E-state index contributed by atoms with van der Waals surface area (Å²) in [6.07, 6.45) is -2.00. The molecule has 1 saturated carbocycles. The minimum absolute atomic E-state index is 0.154. The number of aromatic nitrogens is 1. The summed E-state index contributed by atoms with van der Waals surface area (Å²) >= 11 is 0. The standard InChI is InChI=1S/C34H31F4N3O3S/c1-21-6-4-8-25(39-21)20-41(33(42)29-19-27(29)23-12-15-24(16-13-23)34(36,37)38)26-17-14-22-7-5-10-31(28(22)18-26)40-45(43,44)32-11-3-2-9-30(32)35/h2-4,6,8-9,11-18,27,29,31,40H,5,7,10,19-20H2,1H3. The number of nitrogens with zero attached hydrogens (tertiary/aromatic N) is 2. The first-order chi connectivity index (χ1) is 21.4. The van der Waals surface area contributed by atoms with Crippen LogP contribution in [-0.2, 0) is 34.0 Å². The molecule has 3 atom stereocenters. The molecular weight excluding hydrogens is 606 g/mol. The van der Waals surface area contributed by atoms with Gasteiger partial charge >= 0.3 is 6.18 Å². The molecule has 0 radical (unpaired) electrons. The molecule has 3 unspecified atom stereocenters. The number of hydrogen-bond acceptors (Lipinski definition) is 4. The van der Waals surface area contributed by atoms with Gasteiger partial charge in [0.1, 0.15) is 10.7 Å². The Bertz CT molecular complexity index is 1840. The fourth-order valence-corrected chi connectivity index (χ4v) is 7.42. The Balaban J connectivity index is 1.31. The van der Waals surface area contributed by atoms with Crippen LogP contribution in [0.25, 0.3) is 0 Å². The number of aryl methyl sites for hydroxylation is 2. The maximum Gasteiger partial charge on any atom is 0.416 e. The third-order valence-corrected chi connectivity index (χ3v) is 9.99. The van der Waals surface area contributed by atoms with Crippen molar-refractivity contribution in [3.8, 4) is 0 Å². The normalized spacial score (nSPS) is 19.5. The molecule has 6 rings (SSSR count). The summed E-state index contributed by atoms with van der Waals surface area (Å²) in [7, 11) is -4.18. The number of anilines is 1. The van der Waals surface area contributed by atoms with Crippen LogP contribution in [0, 0.1) is 18.7 Å². The number of pyridine rings is 1. The lowest BCUT2D eigenvalue weighted by atomic mass is 9.87. The van der Waals surface area contributed by atoms with Crippen LogP contribution >= 0.6 is 0 Å². The van der Waals surface area contributed by atoms with Gasteiger partial charge in [-0.05, 0) is 104 Å². The SMILES string of the molecule is Cc1cccc(CN(C(=O)C2CC2c2ccc(C(F)(F)F)cc2)c2ccc3c(c2)C(NS(=O)(=O)c2ccccc2F)CCC3)n1. The third-order valence-electron chi connectivity index (χ3n) is 8.48. The third kappa shape index (κ3) is 6.64. The highest BCUT2D eigenvalue weighted by Crippen LogP contribution is 2.49. The second kappa shape index (κ2) is 12.0. The summed E-state index contributed by atoms with van der Waals surface area (Å²) in [4.78, 5) is 19.8. The molecule has 6 nitrogen and oxygen atoms in total. The quantitative estimate of drug-likeness (QED) is 0.207. The van der Waals surface area contributed by atoms with E-state index < -0.39 is 44.4 Å². The number of carbonyl (C=O) groups is 1. The van der Waals surface area contributed by atoms with Crippen LogP contribution in [0.2, 0.25) is 0 Å². The molecule has 234 valence electrons. The minimum atomic E-state index is -4.44. The molecule has 2 aliphatic rings. The number of alkyl halides is 3. The van der Waals surface area contributed by atoms with E-state index in [2.05, 4.69) is 9.71 Å². The molecule has 45 heavy (non-hydrogen) atoms. The van der Waals surface area contributed by atoms with E-state index in [1.54, 1.807) is 4.90 Å². The maximum atomic E-state index is 14.4. The van der Waals surface area contributed by atoms with Crippen LogP contribution in [0.1, 0.15) is 64.9 Å². The molecule has 11 heteroatoms. The average molecular weight is 638 g/mol. The lowest BCUT2D eigenvalue weighted by Crippen LogP contribution is -2.34. The Morgan fingerprint density at radius 3 is 2.47 bits per heavy atom. The first-order valence-corrected chi connectivity index (χ1v) is 16.2. The Morgan fingerprint density at radius 1 is 1.00 bits per heavy atom. The lowest BCUT2D eigenvalue weighted by Gasteiger charge is -2.29. The Hall–Kier alpha value is -4.09. The van der Waals surface area contributed by atoms with Crippen LogP contribution in [0.15, 0.2) is 89.8 Å². The van der Waals surface area contributed by atoms with Crippen molar-refractivity contribution in [3.63, 3.8) is 0 Å². The molecule has 2 aliphatic carbocycles. The largest absolute Gasteiger partial charge is 0.416 e. The number of carbonyl (C=O) groups excluding carboxylic acids is 1. The Labute approximate surface area is 259 Å². The zero-order chi connectivity index (χ0) is 31.9. The van der Waals surface area contributed by atoms with Crippen LogP contribution in [0.3, 0.4) is 0 Å². The van der Waals surface area contributed by atoms with Crippen molar-refractivity contribution in [3.05, 3.63) is 124 Å². The van der Waals surface area contributed by atoms with Crippen LogP contribution < -0.4 is 9.62 Å². The van der Waals surface area contributed by atoms with Crippen LogP contribution in [0.4, 0.5) is 23.2 Å². The van der Waals surface area contributed by atoms with Crippen molar-refractivity contribution in [2.75, 3.05) is 4.90 Å². The number of halogens is 4. The van der Waals surface area contributed by atoms with Gasteiger partial charge in [0.25, 0.3) is 0 Å². The summed E-state index contributed by atoms with van der Waals surface area (Å²) in [6, 6.07) is 20.5. The molecule has 0 aliphatic heterocycles. The van der Waals surface area contributed by atoms with E-state index in [0.29, 0.717) is 35.3 Å². The number of fused-ring (bicyclic) bond motifs is 1. The van der Waals surface area contributed by atoms with Crippen molar-refractivity contribution in [1.29, 1.82) is 0 Å². The zero-order valence-corrected chi connectivity index (χ0v) is 25.2. The highest BCUT2D eigenvalue weighted by atomic mass is 32.2. The number of benzene rings is 3. The minimum Gasteiger partial charge on any atom is -0.306 e. The highest BCUT2D eigenvalue weighted by molar-refractivity contribution is 7.89. The number of hydrogen-bond donors (Lipinski definition) is 1. The Kier molecular flexibility index (Phi) is 8.26. The molecule has 3 aromatic carbocycles. The monoisotopic (exact) mass is 637 g/mol. The fraction of sp³-hybridized carbons (Fsp3) is 0.294. The van der Waals surface area contributed by atoms with Crippen molar-refractivity contribution in [2.45, 2.75) is 62.2 Å². The highest BCUT2D eigenvalue weighted by Gasteiger charge is 2.46. The molecule has 4 aromatic rings. The predicted octanol–water partition coefficient (Wildman–Crippen LogP) is 7.24. The lowest BCUT2D eigenvalue weighted by molar-refractivity contribution is -0.137. The summed E-state index contributed by atoms with van der Waals surface area (Å²) in [5, 5.41) is 0. The van der Waals surface area contributed by atoms with Crippen molar-refractivity contribution < 1.29 is 30.8 Å². The first kappa shape index (κ1) is 30.9. The maximum absolute atomic E-state index is 14.4. The number of sulfonamides is 1. The number of nitrogens with one attached hydrogen (secondary N) is 1. The van der Waals surface area contributed by atoms with E-state index in [4.69, 9.17) is 0 Å². The van der Waals surface area contributed by atoms with E-state index in [9.17, 15) is 30.8 Å². The second-order valence-corrected chi connectivity index (χ2v) is 13.3. The summed E-state index contributed by atoms with van der Waals surface area (Å²) in [5.74, 6) is -1.68. The van der Waals surface area contributed by atoms with E-state index in [0.717, 1.165) is 42.3 Å². The van der Waals surface area contributed by atoms with E-state index in [1.165, 1.54) is 30.3 Å². The van der Waals surface area contributed by atoms with Gasteiger partial charge < -0.3 is 4.90 Å². The van der Waals surface area contributed by atoms with Gasteiger partial charge in [-0.2, -0.15) is 13.2 Å². The molecule has 1 heterocycles. The molecule has 0 spiro atoms. The van der Waals surface area contributed by atoms with E-state index in [-0.39, 0.29) is 18.4 Å². The van der Waals surface area contributed by atoms with Crippen molar-refractivity contribution >= 4 is 21.6 Å². The van der Waals surface area contributed by atoms with Gasteiger partial charge in [-0.1, -0.05) is 36.4 Å². The summed E-state index contributed by atoms with van der Waals surface area (Å²) < 4.78 is 82.7. The van der Waals surface area contributed by atoms with E-state index in [1.807, 2.05) is 43.3 Å². The smallest absolute Gasteiger partial charge is 0.306 e. The van der Waals surface area contributed by atoms with Gasteiger partial charge in [-0.15, -0.1) is 0 Å². The average Bonchev–Trinajstić information content (AvgIpc) is 3.81. The first-order valence-electron chi connectivity index (χ1n) is 14.7. The molecule has 1 N–H and O–H groups in total. The summed E-state index contributed by atoms with van der Waals surface area (Å²) in [5.41, 5.74) is 3.56. The van der Waals surface area contributed by atoms with E-state index >= 15 is 0 Å². The topological polar surface area (TPSA) is 79.4 Å². The fourth-order valence-electron chi connectivity index (χ4n) is 6.09. The number of rotatable bonds is 8. The van der Waals surface area contributed by atoms with Crippen LogP contribution in [0.5, 0.6) is 0 Å². The zero-order valence-electron chi connectivity index (χ0n) is 24.4. The second-order valence-electron chi connectivity index (χ2n) is 11.6. The van der Waals surface area contributed by atoms with Gasteiger partial charge in [0.15, 0.2) is 0 Å². The van der Waals surface area contributed by atoms with Gasteiger partial charge in [0.05, 0.1) is 17.8 Å². The molecule has 1 fully saturated rings. The van der Waals surface area contributed by atoms with Crippen LogP contribution in [-0.4, -0.2) is 19.3 Å². The van der Waals surface area contributed by atoms with Gasteiger partial charge in [-0.3, -0.25) is 9.78 Å². The van der Waals surface area contributed by atoms with Gasteiger partial charge in [-0.25, -0.2) is 17.5 Å². The number of amides is 1. The Morgan fingerprint density at radius 2 is 1.76 bits per heavy atom. The molecule has 1 aromatic heterocycles. The molecule has 1 amide bonds.